The summed E-state index contributed by atoms with van der Waals surface area (Å²) in [6.45, 7) is 6.70. The Morgan fingerprint density at radius 1 is 1.19 bits per heavy atom. The zero-order valence-electron chi connectivity index (χ0n) is 16.5. The summed E-state index contributed by atoms with van der Waals surface area (Å²) in [5.41, 5.74) is 0.0579. The third-order valence-electron chi connectivity index (χ3n) is 3.85. The van der Waals surface area contributed by atoms with Crippen LogP contribution in [0.25, 0.3) is 0 Å². The predicted molar refractivity (Wildman–Crippen MR) is 102 cm³/mol. The summed E-state index contributed by atoms with van der Waals surface area (Å²) >= 11 is 0. The lowest BCUT2D eigenvalue weighted by Crippen LogP contribution is -2.42. The molecule has 1 aromatic carbocycles. The number of halogens is 2. The van der Waals surface area contributed by atoms with Crippen molar-refractivity contribution in [1.29, 1.82) is 0 Å². The topological polar surface area (TPSA) is 48.9 Å². The smallest absolute Gasteiger partial charge is 0.191 e. The van der Waals surface area contributed by atoms with Gasteiger partial charge in [-0.15, -0.1) is 0 Å². The van der Waals surface area contributed by atoms with Crippen molar-refractivity contribution in [1.82, 2.24) is 15.5 Å². The van der Waals surface area contributed by atoms with Crippen LogP contribution in [0, 0.1) is 17.6 Å². The molecule has 0 saturated carbocycles. The minimum absolute atomic E-state index is 0.0579. The van der Waals surface area contributed by atoms with Gasteiger partial charge in [0.25, 0.3) is 0 Å². The molecule has 0 spiro atoms. The van der Waals surface area contributed by atoms with Crippen LogP contribution < -0.4 is 10.6 Å². The van der Waals surface area contributed by atoms with E-state index in [2.05, 4.69) is 29.5 Å². The van der Waals surface area contributed by atoms with Crippen molar-refractivity contribution in [3.63, 3.8) is 0 Å². The largest absolute Gasteiger partial charge is 0.381 e. The van der Waals surface area contributed by atoms with Gasteiger partial charge in [-0.1, -0.05) is 19.9 Å². The molecule has 1 rings (SSSR count). The molecule has 2 N–H and O–H groups in total. The normalized spacial score (nSPS) is 13.3. The Morgan fingerprint density at radius 2 is 1.85 bits per heavy atom. The molecule has 1 unspecified atom stereocenters. The Morgan fingerprint density at radius 3 is 2.38 bits per heavy atom. The molecule has 0 aliphatic heterocycles. The van der Waals surface area contributed by atoms with Crippen molar-refractivity contribution in [2.45, 2.75) is 26.3 Å². The van der Waals surface area contributed by atoms with Crippen LogP contribution in [0.2, 0.25) is 0 Å². The molecule has 0 amide bonds. The fourth-order valence-corrected chi connectivity index (χ4v) is 2.49. The molecular weight excluding hydrogens is 338 g/mol. The minimum Gasteiger partial charge on any atom is -0.381 e. The molecule has 1 aromatic rings. The molecular formula is C19H32F2N4O. The van der Waals surface area contributed by atoms with Gasteiger partial charge < -0.3 is 20.3 Å². The van der Waals surface area contributed by atoms with Gasteiger partial charge in [-0.25, -0.2) is 8.78 Å². The van der Waals surface area contributed by atoms with Crippen LogP contribution in [0.15, 0.2) is 23.2 Å². The highest BCUT2D eigenvalue weighted by Crippen LogP contribution is 2.23. The van der Waals surface area contributed by atoms with Gasteiger partial charge >= 0.3 is 0 Å². The fourth-order valence-electron chi connectivity index (χ4n) is 2.49. The monoisotopic (exact) mass is 370 g/mol. The van der Waals surface area contributed by atoms with Gasteiger partial charge in [0.05, 0.1) is 6.04 Å². The van der Waals surface area contributed by atoms with Crippen LogP contribution in [0.4, 0.5) is 8.78 Å². The Balaban J connectivity index is 2.52. The molecule has 26 heavy (non-hydrogen) atoms. The molecule has 0 fully saturated rings. The van der Waals surface area contributed by atoms with Crippen molar-refractivity contribution >= 4 is 5.96 Å². The third kappa shape index (κ3) is 7.66. The molecule has 0 aromatic heterocycles. The van der Waals surface area contributed by atoms with Crippen LogP contribution in [0.3, 0.4) is 0 Å². The maximum Gasteiger partial charge on any atom is 0.191 e. The van der Waals surface area contributed by atoms with Crippen LogP contribution in [0.1, 0.15) is 31.9 Å². The lowest BCUT2D eigenvalue weighted by atomic mass is 10.0. The molecule has 1 atom stereocenters. The predicted octanol–water partition coefficient (Wildman–Crippen LogP) is 2.80. The van der Waals surface area contributed by atoms with Crippen LogP contribution in [-0.2, 0) is 4.74 Å². The van der Waals surface area contributed by atoms with Crippen molar-refractivity contribution in [3.05, 3.63) is 35.4 Å². The van der Waals surface area contributed by atoms with Crippen molar-refractivity contribution in [2.24, 2.45) is 10.9 Å². The molecule has 7 heteroatoms. The highest BCUT2D eigenvalue weighted by atomic mass is 19.1. The second-order valence-electron chi connectivity index (χ2n) is 6.82. The lowest BCUT2D eigenvalue weighted by Gasteiger charge is -2.26. The SMILES string of the molecule is CN=C(NCCCOCC(C)C)NCC(c1c(F)cccc1F)N(C)C. The fraction of sp³-hybridized carbons (Fsp3) is 0.632. The van der Waals surface area contributed by atoms with Gasteiger partial charge in [-0.3, -0.25) is 4.99 Å². The quantitative estimate of drug-likeness (QED) is 0.378. The lowest BCUT2D eigenvalue weighted by molar-refractivity contribution is 0.108. The van der Waals surface area contributed by atoms with Gasteiger partial charge in [-0.2, -0.15) is 0 Å². The van der Waals surface area contributed by atoms with E-state index in [1.807, 2.05) is 0 Å². The molecule has 0 bridgehead atoms. The van der Waals surface area contributed by atoms with E-state index in [0.717, 1.165) is 13.0 Å². The molecule has 0 saturated heterocycles. The highest BCUT2D eigenvalue weighted by Gasteiger charge is 2.22. The summed E-state index contributed by atoms with van der Waals surface area (Å²) in [6.07, 6.45) is 0.854. The number of hydrogen-bond acceptors (Lipinski definition) is 3. The average Bonchev–Trinajstić information content (AvgIpc) is 2.57. The Hall–Kier alpha value is -1.73. The number of rotatable bonds is 10. The second-order valence-corrected chi connectivity index (χ2v) is 6.82. The number of nitrogens with zero attached hydrogens (tertiary/aromatic N) is 2. The first-order valence-electron chi connectivity index (χ1n) is 8.99. The van der Waals surface area contributed by atoms with Crippen LogP contribution >= 0.6 is 0 Å². The summed E-state index contributed by atoms with van der Waals surface area (Å²) in [5, 5.41) is 6.32. The maximum atomic E-state index is 14.1. The summed E-state index contributed by atoms with van der Waals surface area (Å²) in [5.74, 6) is 0.0306. The first-order chi connectivity index (χ1) is 12.4. The first-order valence-corrected chi connectivity index (χ1v) is 8.99. The number of likely N-dealkylation sites (N-methyl/N-ethyl adjacent to an activating group) is 1. The zero-order valence-corrected chi connectivity index (χ0v) is 16.5. The molecule has 5 nitrogen and oxygen atoms in total. The number of nitrogens with one attached hydrogen (secondary N) is 2. The number of benzene rings is 1. The van der Waals surface area contributed by atoms with Gasteiger partial charge in [0.1, 0.15) is 11.6 Å². The number of ether oxygens (including phenoxy) is 1. The van der Waals surface area contributed by atoms with Gasteiger partial charge in [0, 0.05) is 38.9 Å². The molecule has 148 valence electrons. The Kier molecular flexibility index (Phi) is 10.1. The molecule has 0 radical (unpaired) electrons. The van der Waals surface area contributed by atoms with Crippen LogP contribution in [0.5, 0.6) is 0 Å². The molecule has 0 heterocycles. The van der Waals surface area contributed by atoms with Crippen molar-refractivity contribution < 1.29 is 13.5 Å². The van der Waals surface area contributed by atoms with Crippen LogP contribution in [-0.4, -0.2) is 58.3 Å². The highest BCUT2D eigenvalue weighted by molar-refractivity contribution is 5.79. The Labute approximate surface area is 155 Å². The number of guanidine groups is 1. The van der Waals surface area contributed by atoms with Gasteiger partial charge in [0.2, 0.25) is 0 Å². The van der Waals surface area contributed by atoms with Gasteiger partial charge in [-0.05, 0) is 38.6 Å². The van der Waals surface area contributed by atoms with E-state index in [-0.39, 0.29) is 5.56 Å². The second kappa shape index (κ2) is 11.8. The summed E-state index contributed by atoms with van der Waals surface area (Å²) in [4.78, 5) is 5.93. The van der Waals surface area contributed by atoms with Crippen molar-refractivity contribution in [2.75, 3.05) is 47.4 Å². The first kappa shape index (κ1) is 22.3. The van der Waals surface area contributed by atoms with E-state index in [1.54, 1.807) is 26.0 Å². The molecule has 0 aliphatic rings. The van der Waals surface area contributed by atoms with Gasteiger partial charge in [0.15, 0.2) is 5.96 Å². The van der Waals surface area contributed by atoms with E-state index >= 15 is 0 Å². The summed E-state index contributed by atoms with van der Waals surface area (Å²) in [7, 11) is 5.25. The van der Waals surface area contributed by atoms with E-state index < -0.39 is 17.7 Å². The zero-order chi connectivity index (χ0) is 19.5. The molecule has 0 aliphatic carbocycles. The van der Waals surface area contributed by atoms with E-state index in [4.69, 9.17) is 4.74 Å². The standard InChI is InChI=1S/C19H32F2N4O/c1-14(2)13-26-11-7-10-23-19(22-3)24-12-17(25(4)5)18-15(20)8-6-9-16(18)21/h6,8-9,14,17H,7,10-13H2,1-5H3,(H2,22,23,24). The summed E-state index contributed by atoms with van der Waals surface area (Å²) in [6, 6.07) is 3.47. The average molecular weight is 370 g/mol. The summed E-state index contributed by atoms with van der Waals surface area (Å²) < 4.78 is 33.7. The third-order valence-corrected chi connectivity index (χ3v) is 3.85. The van der Waals surface area contributed by atoms with E-state index in [1.165, 1.54) is 18.2 Å². The maximum absolute atomic E-state index is 14.1. The number of aliphatic imine (C=N–C) groups is 1. The van der Waals surface area contributed by atoms with E-state index in [9.17, 15) is 8.78 Å². The minimum atomic E-state index is -0.546. The van der Waals surface area contributed by atoms with E-state index in [0.29, 0.717) is 31.6 Å². The Bertz CT molecular complexity index is 544. The number of hydrogen-bond donors (Lipinski definition) is 2. The van der Waals surface area contributed by atoms with Crippen molar-refractivity contribution in [3.8, 4) is 0 Å².